The summed E-state index contributed by atoms with van der Waals surface area (Å²) in [4.78, 5) is 29.2. The van der Waals surface area contributed by atoms with E-state index in [1.165, 1.54) is 22.3 Å². The largest absolute Gasteiger partial charge is 0.448 e. The molecule has 1 aliphatic carbocycles. The molecule has 1 unspecified atom stereocenters. The van der Waals surface area contributed by atoms with Crippen molar-refractivity contribution in [2.24, 2.45) is 0 Å². The molecule has 2 fully saturated rings. The highest BCUT2D eigenvalue weighted by Gasteiger charge is 2.41. The lowest BCUT2D eigenvalue weighted by atomic mass is 9.98. The summed E-state index contributed by atoms with van der Waals surface area (Å²) in [6, 6.07) is 17.8. The number of nitrogens with zero attached hydrogens (tertiary/aromatic N) is 3. The predicted molar refractivity (Wildman–Crippen MR) is 115 cm³/mol. The Morgan fingerprint density at radius 3 is 2.23 bits per heavy atom. The highest BCUT2D eigenvalue weighted by molar-refractivity contribution is 5.87. The van der Waals surface area contributed by atoms with Crippen LogP contribution in [0.4, 0.5) is 4.79 Å². The van der Waals surface area contributed by atoms with Crippen molar-refractivity contribution in [3.8, 4) is 17.2 Å². The van der Waals surface area contributed by atoms with Gasteiger partial charge in [-0.25, -0.2) is 4.79 Å². The fraction of sp³-hybridized carbons (Fsp3) is 0.400. The molecule has 6 heteroatoms. The molecule has 6 nitrogen and oxygen atoms in total. The van der Waals surface area contributed by atoms with E-state index in [1.807, 2.05) is 24.3 Å². The van der Waals surface area contributed by atoms with Gasteiger partial charge in [0.1, 0.15) is 18.7 Å². The van der Waals surface area contributed by atoms with Crippen LogP contribution < -0.4 is 0 Å². The quantitative estimate of drug-likeness (QED) is 0.762. The third-order valence-electron chi connectivity index (χ3n) is 6.79. The average Bonchev–Trinajstić information content (AvgIpc) is 3.54. The lowest BCUT2D eigenvalue weighted by Gasteiger charge is -2.29. The number of rotatable bonds is 3. The van der Waals surface area contributed by atoms with Gasteiger partial charge in [0.2, 0.25) is 5.91 Å². The van der Waals surface area contributed by atoms with Crippen LogP contribution in [-0.4, -0.2) is 53.6 Å². The molecule has 2 atom stereocenters. The Bertz CT molecular complexity index is 1010. The third kappa shape index (κ3) is 3.34. The molecule has 0 saturated carbocycles. The Kier molecular flexibility index (Phi) is 5.11. The minimum Gasteiger partial charge on any atom is -0.448 e. The number of fused-ring (bicyclic) bond motifs is 3. The van der Waals surface area contributed by atoms with Gasteiger partial charge in [0.15, 0.2) is 0 Å². The molecule has 2 aromatic carbocycles. The lowest BCUT2D eigenvalue weighted by molar-refractivity contribution is -0.135. The molecule has 31 heavy (non-hydrogen) atoms. The molecule has 2 aromatic rings. The molecular formula is C25H25N3O3. The average molecular weight is 415 g/mol. The summed E-state index contributed by atoms with van der Waals surface area (Å²) in [6.07, 6.45) is 2.50. The lowest BCUT2D eigenvalue weighted by Crippen LogP contribution is -2.49. The molecule has 2 heterocycles. The number of hydrogen-bond donors (Lipinski definition) is 0. The SMILES string of the molecule is N#CC1CCCN1C(=O)[C@@H]1CCCN1C(=O)OCC1c2ccccc2-c2ccccc21. The van der Waals surface area contributed by atoms with Crippen LogP contribution in [0, 0.1) is 11.3 Å². The number of carbonyl (C=O) groups is 2. The van der Waals surface area contributed by atoms with Gasteiger partial charge in [-0.05, 0) is 47.9 Å². The molecule has 158 valence electrons. The molecule has 2 saturated heterocycles. The maximum Gasteiger partial charge on any atom is 0.410 e. The zero-order chi connectivity index (χ0) is 21.4. The van der Waals surface area contributed by atoms with Crippen molar-refractivity contribution < 1.29 is 14.3 Å². The highest BCUT2D eigenvalue weighted by Crippen LogP contribution is 2.44. The van der Waals surface area contributed by atoms with Gasteiger partial charge in [0.25, 0.3) is 0 Å². The van der Waals surface area contributed by atoms with Gasteiger partial charge in [-0.2, -0.15) is 5.26 Å². The summed E-state index contributed by atoms with van der Waals surface area (Å²) in [5.74, 6) is -0.121. The highest BCUT2D eigenvalue weighted by atomic mass is 16.6. The summed E-state index contributed by atoms with van der Waals surface area (Å²) < 4.78 is 5.77. The van der Waals surface area contributed by atoms with Crippen molar-refractivity contribution in [1.29, 1.82) is 5.26 Å². The molecule has 0 spiro atoms. The molecule has 0 aromatic heterocycles. The fourth-order valence-corrected chi connectivity index (χ4v) is 5.27. The summed E-state index contributed by atoms with van der Waals surface area (Å²) in [5.41, 5.74) is 4.70. The summed E-state index contributed by atoms with van der Waals surface area (Å²) in [5, 5.41) is 9.32. The molecule has 0 N–H and O–H groups in total. The number of nitriles is 1. The van der Waals surface area contributed by atoms with Crippen molar-refractivity contribution in [2.75, 3.05) is 19.7 Å². The first-order chi connectivity index (χ1) is 15.2. The number of amides is 2. The molecule has 0 radical (unpaired) electrons. The van der Waals surface area contributed by atoms with Gasteiger partial charge < -0.3 is 9.64 Å². The first-order valence-corrected chi connectivity index (χ1v) is 11.0. The van der Waals surface area contributed by atoms with Crippen LogP contribution in [0.5, 0.6) is 0 Å². The predicted octanol–water partition coefficient (Wildman–Crippen LogP) is 3.91. The van der Waals surface area contributed by atoms with Gasteiger partial charge in [0.05, 0.1) is 6.07 Å². The summed E-state index contributed by atoms with van der Waals surface area (Å²) >= 11 is 0. The van der Waals surface area contributed by atoms with Crippen molar-refractivity contribution in [1.82, 2.24) is 9.80 Å². The van der Waals surface area contributed by atoms with E-state index in [-0.39, 0.29) is 24.5 Å². The number of hydrogen-bond acceptors (Lipinski definition) is 4. The Morgan fingerprint density at radius 2 is 1.55 bits per heavy atom. The van der Waals surface area contributed by atoms with Gasteiger partial charge in [-0.15, -0.1) is 0 Å². The Labute approximate surface area is 182 Å². The molecule has 0 bridgehead atoms. The summed E-state index contributed by atoms with van der Waals surface area (Å²) in [7, 11) is 0. The number of carbonyl (C=O) groups excluding carboxylic acids is 2. The minimum absolute atomic E-state index is 0.00495. The molecule has 3 aliphatic rings. The summed E-state index contributed by atoms with van der Waals surface area (Å²) in [6.45, 7) is 1.35. The van der Waals surface area contributed by atoms with Crippen LogP contribution in [0.25, 0.3) is 11.1 Å². The van der Waals surface area contributed by atoms with Gasteiger partial charge in [0, 0.05) is 19.0 Å². The Morgan fingerprint density at radius 1 is 0.935 bits per heavy atom. The van der Waals surface area contributed by atoms with Gasteiger partial charge in [-0.1, -0.05) is 48.5 Å². The van der Waals surface area contributed by atoms with Crippen LogP contribution >= 0.6 is 0 Å². The zero-order valence-corrected chi connectivity index (χ0v) is 17.4. The molecular weight excluding hydrogens is 390 g/mol. The maximum absolute atomic E-state index is 13.0. The van der Waals surface area contributed by atoms with Crippen molar-refractivity contribution >= 4 is 12.0 Å². The van der Waals surface area contributed by atoms with Crippen molar-refractivity contribution in [3.63, 3.8) is 0 Å². The first kappa shape index (κ1) is 19.6. The zero-order valence-electron chi connectivity index (χ0n) is 17.4. The second-order valence-electron chi connectivity index (χ2n) is 8.47. The normalized spacial score (nSPS) is 22.2. The van der Waals surface area contributed by atoms with E-state index in [1.54, 1.807) is 9.80 Å². The Hall–Kier alpha value is -3.33. The third-order valence-corrected chi connectivity index (χ3v) is 6.79. The second kappa shape index (κ2) is 8.07. The smallest absolute Gasteiger partial charge is 0.410 e. The number of ether oxygens (including phenoxy) is 1. The molecule has 5 rings (SSSR count). The van der Waals surface area contributed by atoms with Crippen LogP contribution in [0.15, 0.2) is 48.5 Å². The first-order valence-electron chi connectivity index (χ1n) is 11.0. The van der Waals surface area contributed by atoms with E-state index in [2.05, 4.69) is 30.3 Å². The van der Waals surface area contributed by atoms with Crippen molar-refractivity contribution in [2.45, 2.75) is 43.7 Å². The van der Waals surface area contributed by atoms with Crippen molar-refractivity contribution in [3.05, 3.63) is 59.7 Å². The molecule has 2 aliphatic heterocycles. The van der Waals surface area contributed by atoms with E-state index >= 15 is 0 Å². The van der Waals surface area contributed by atoms with Crippen LogP contribution in [0.1, 0.15) is 42.7 Å². The number of benzene rings is 2. The van der Waals surface area contributed by atoms with Gasteiger partial charge >= 0.3 is 6.09 Å². The fourth-order valence-electron chi connectivity index (χ4n) is 5.27. The van der Waals surface area contributed by atoms with E-state index < -0.39 is 12.1 Å². The monoisotopic (exact) mass is 415 g/mol. The topological polar surface area (TPSA) is 73.6 Å². The second-order valence-corrected chi connectivity index (χ2v) is 8.47. The van der Waals surface area contributed by atoms with E-state index in [4.69, 9.17) is 4.74 Å². The minimum atomic E-state index is -0.524. The van der Waals surface area contributed by atoms with E-state index in [9.17, 15) is 14.9 Å². The molecule has 2 amide bonds. The van der Waals surface area contributed by atoms with E-state index in [0.717, 1.165) is 12.8 Å². The van der Waals surface area contributed by atoms with Crippen LogP contribution in [-0.2, 0) is 9.53 Å². The van der Waals surface area contributed by atoms with Crippen LogP contribution in [0.2, 0.25) is 0 Å². The van der Waals surface area contributed by atoms with E-state index in [0.29, 0.717) is 25.9 Å². The Balaban J connectivity index is 1.30. The maximum atomic E-state index is 13.0. The van der Waals surface area contributed by atoms with Crippen LogP contribution in [0.3, 0.4) is 0 Å². The number of likely N-dealkylation sites (tertiary alicyclic amines) is 2. The van der Waals surface area contributed by atoms with Gasteiger partial charge in [-0.3, -0.25) is 9.69 Å². The standard InChI is InChI=1S/C25H25N3O3/c26-15-17-7-5-13-27(17)24(29)23-12-6-14-28(23)25(30)31-16-22-20-10-3-1-8-18(20)19-9-2-4-11-21(19)22/h1-4,8-11,17,22-23H,5-7,12-14,16H2/t17?,23-/m0/s1.